The fourth-order valence-corrected chi connectivity index (χ4v) is 1.65. The van der Waals surface area contributed by atoms with Gasteiger partial charge in [-0.1, -0.05) is 17.8 Å². The molecular weight excluding hydrogens is 254 g/mol. The van der Waals surface area contributed by atoms with E-state index >= 15 is 0 Å². The molecule has 1 aromatic rings. The number of hydrogen-bond acceptors (Lipinski definition) is 7. The molecule has 8 heteroatoms. The highest BCUT2D eigenvalue weighted by Crippen LogP contribution is 2.31. The van der Waals surface area contributed by atoms with E-state index in [2.05, 4.69) is 27.2 Å². The van der Waals surface area contributed by atoms with E-state index in [4.69, 9.17) is 0 Å². The SMILES string of the molecule is C=CCNc1nc(SC)nc(NCC)c1[N+](=O)[O-]. The van der Waals surface area contributed by atoms with Gasteiger partial charge >= 0.3 is 5.69 Å². The first-order chi connectivity index (χ1) is 8.63. The molecule has 2 N–H and O–H groups in total. The molecule has 1 rings (SSSR count). The number of nitro groups is 1. The highest BCUT2D eigenvalue weighted by Gasteiger charge is 2.24. The topological polar surface area (TPSA) is 93.0 Å². The van der Waals surface area contributed by atoms with Crippen LogP contribution in [0.5, 0.6) is 0 Å². The maximum Gasteiger partial charge on any atom is 0.353 e. The molecular formula is C10H15N5O2S. The molecule has 0 aliphatic carbocycles. The minimum absolute atomic E-state index is 0.142. The lowest BCUT2D eigenvalue weighted by Crippen LogP contribution is -2.11. The molecule has 0 atom stereocenters. The Morgan fingerprint density at radius 1 is 1.44 bits per heavy atom. The number of rotatable bonds is 7. The van der Waals surface area contributed by atoms with Gasteiger partial charge in [-0.2, -0.15) is 9.97 Å². The smallest absolute Gasteiger partial charge is 0.353 e. The van der Waals surface area contributed by atoms with E-state index in [0.29, 0.717) is 18.2 Å². The molecule has 0 spiro atoms. The molecule has 0 aliphatic heterocycles. The number of thioether (sulfide) groups is 1. The predicted octanol–water partition coefficient (Wildman–Crippen LogP) is 2.14. The number of nitrogens with zero attached hydrogens (tertiary/aromatic N) is 3. The molecule has 0 fully saturated rings. The van der Waals surface area contributed by atoms with Crippen molar-refractivity contribution in [3.8, 4) is 0 Å². The van der Waals surface area contributed by atoms with E-state index in [1.807, 2.05) is 13.2 Å². The molecule has 0 aliphatic rings. The lowest BCUT2D eigenvalue weighted by molar-refractivity contribution is -0.383. The third-order valence-electron chi connectivity index (χ3n) is 1.99. The summed E-state index contributed by atoms with van der Waals surface area (Å²) in [4.78, 5) is 18.8. The maximum atomic E-state index is 11.1. The third kappa shape index (κ3) is 3.33. The average molecular weight is 269 g/mol. The van der Waals surface area contributed by atoms with Crippen LogP contribution in [0.25, 0.3) is 0 Å². The Morgan fingerprint density at radius 3 is 2.50 bits per heavy atom. The summed E-state index contributed by atoms with van der Waals surface area (Å²) in [7, 11) is 0. The standard InChI is InChI=1S/C10H15N5O2S/c1-4-6-12-9-7(15(16)17)8(11-5-2)13-10(14-9)18-3/h4H,1,5-6H2,2-3H3,(H2,11,12,13,14). The van der Waals surface area contributed by atoms with Crippen LogP contribution in [0.15, 0.2) is 17.8 Å². The fourth-order valence-electron chi connectivity index (χ4n) is 1.28. The first-order valence-electron chi connectivity index (χ1n) is 5.33. The van der Waals surface area contributed by atoms with Crippen LogP contribution in [-0.4, -0.2) is 34.2 Å². The van der Waals surface area contributed by atoms with Crippen LogP contribution in [0.4, 0.5) is 17.3 Å². The Kier molecular flexibility index (Phi) is 5.37. The summed E-state index contributed by atoms with van der Waals surface area (Å²) in [5.74, 6) is 0.434. The van der Waals surface area contributed by atoms with Gasteiger partial charge in [0.15, 0.2) is 5.16 Å². The van der Waals surface area contributed by atoms with Gasteiger partial charge in [-0.3, -0.25) is 10.1 Å². The fraction of sp³-hybridized carbons (Fsp3) is 0.400. The summed E-state index contributed by atoms with van der Waals surface area (Å²) in [6.45, 7) is 6.35. The summed E-state index contributed by atoms with van der Waals surface area (Å²) < 4.78 is 0. The summed E-state index contributed by atoms with van der Waals surface area (Å²) in [5, 5.41) is 17.3. The molecule has 0 radical (unpaired) electrons. The number of anilines is 2. The van der Waals surface area contributed by atoms with Crippen molar-refractivity contribution in [3.05, 3.63) is 22.8 Å². The molecule has 0 bridgehead atoms. The van der Waals surface area contributed by atoms with Gasteiger partial charge in [-0.15, -0.1) is 6.58 Å². The quantitative estimate of drug-likeness (QED) is 0.257. The van der Waals surface area contributed by atoms with E-state index in [1.54, 1.807) is 6.08 Å². The third-order valence-corrected chi connectivity index (χ3v) is 2.53. The van der Waals surface area contributed by atoms with Crippen LogP contribution in [0, 0.1) is 10.1 Å². The lowest BCUT2D eigenvalue weighted by Gasteiger charge is -2.09. The van der Waals surface area contributed by atoms with Gasteiger partial charge in [0.1, 0.15) is 0 Å². The van der Waals surface area contributed by atoms with E-state index in [-0.39, 0.29) is 17.3 Å². The molecule has 0 amide bonds. The predicted molar refractivity (Wildman–Crippen MR) is 73.3 cm³/mol. The molecule has 18 heavy (non-hydrogen) atoms. The van der Waals surface area contributed by atoms with Crippen LogP contribution in [-0.2, 0) is 0 Å². The van der Waals surface area contributed by atoms with Crippen molar-refractivity contribution in [2.75, 3.05) is 30.0 Å². The highest BCUT2D eigenvalue weighted by molar-refractivity contribution is 7.98. The van der Waals surface area contributed by atoms with Crippen LogP contribution < -0.4 is 10.6 Å². The Labute approximate surface area is 109 Å². The van der Waals surface area contributed by atoms with E-state index in [1.165, 1.54) is 11.8 Å². The average Bonchev–Trinajstić information content (AvgIpc) is 2.35. The molecule has 0 saturated heterocycles. The number of nitrogens with one attached hydrogen (secondary N) is 2. The number of aromatic nitrogens is 2. The van der Waals surface area contributed by atoms with Crippen LogP contribution in [0.3, 0.4) is 0 Å². The van der Waals surface area contributed by atoms with Crippen molar-refractivity contribution < 1.29 is 4.92 Å². The van der Waals surface area contributed by atoms with Gasteiger partial charge in [-0.25, -0.2) is 0 Å². The summed E-state index contributed by atoms with van der Waals surface area (Å²) in [5.41, 5.74) is -0.142. The second-order valence-corrected chi connectivity index (χ2v) is 3.99. The van der Waals surface area contributed by atoms with Crippen molar-refractivity contribution >= 4 is 29.1 Å². The van der Waals surface area contributed by atoms with Crippen molar-refractivity contribution in [2.24, 2.45) is 0 Å². The summed E-state index contributed by atoms with van der Waals surface area (Å²) in [6, 6.07) is 0. The molecule has 1 aromatic heterocycles. The zero-order valence-electron chi connectivity index (χ0n) is 10.3. The van der Waals surface area contributed by atoms with E-state index < -0.39 is 4.92 Å². The Morgan fingerprint density at radius 2 is 2.06 bits per heavy atom. The Balaban J connectivity index is 3.29. The van der Waals surface area contributed by atoms with Gasteiger partial charge < -0.3 is 10.6 Å². The molecule has 98 valence electrons. The van der Waals surface area contributed by atoms with Crippen molar-refractivity contribution in [1.29, 1.82) is 0 Å². The summed E-state index contributed by atoms with van der Waals surface area (Å²) in [6.07, 6.45) is 3.42. The van der Waals surface area contributed by atoms with Crippen molar-refractivity contribution in [3.63, 3.8) is 0 Å². The highest BCUT2D eigenvalue weighted by atomic mass is 32.2. The van der Waals surface area contributed by atoms with Crippen LogP contribution in [0.1, 0.15) is 6.92 Å². The van der Waals surface area contributed by atoms with Gasteiger partial charge in [0.25, 0.3) is 0 Å². The molecule has 0 aromatic carbocycles. The first-order valence-corrected chi connectivity index (χ1v) is 6.55. The number of hydrogen-bond donors (Lipinski definition) is 2. The van der Waals surface area contributed by atoms with Gasteiger partial charge in [-0.05, 0) is 13.2 Å². The lowest BCUT2D eigenvalue weighted by atomic mass is 10.4. The Hall–Kier alpha value is -1.83. The first kappa shape index (κ1) is 14.2. The van der Waals surface area contributed by atoms with E-state index in [0.717, 1.165) is 0 Å². The Bertz CT molecular complexity index is 452. The molecule has 7 nitrogen and oxygen atoms in total. The second kappa shape index (κ2) is 6.80. The minimum atomic E-state index is -0.493. The summed E-state index contributed by atoms with van der Waals surface area (Å²) >= 11 is 1.33. The molecule has 0 unspecified atom stereocenters. The van der Waals surface area contributed by atoms with Gasteiger partial charge in [0.05, 0.1) is 4.92 Å². The maximum absolute atomic E-state index is 11.1. The normalized spacial score (nSPS) is 9.89. The zero-order chi connectivity index (χ0) is 13.5. The van der Waals surface area contributed by atoms with E-state index in [9.17, 15) is 10.1 Å². The van der Waals surface area contributed by atoms with Crippen LogP contribution >= 0.6 is 11.8 Å². The largest absolute Gasteiger partial charge is 0.364 e. The van der Waals surface area contributed by atoms with Crippen molar-refractivity contribution in [1.82, 2.24) is 9.97 Å². The zero-order valence-corrected chi connectivity index (χ0v) is 11.1. The second-order valence-electron chi connectivity index (χ2n) is 3.21. The van der Waals surface area contributed by atoms with Crippen LogP contribution in [0.2, 0.25) is 0 Å². The molecule has 1 heterocycles. The minimum Gasteiger partial charge on any atom is -0.364 e. The molecule has 0 saturated carbocycles. The van der Waals surface area contributed by atoms with Gasteiger partial charge in [0.2, 0.25) is 11.6 Å². The monoisotopic (exact) mass is 269 g/mol. The van der Waals surface area contributed by atoms with Crippen molar-refractivity contribution in [2.45, 2.75) is 12.1 Å². The van der Waals surface area contributed by atoms with Gasteiger partial charge in [0, 0.05) is 13.1 Å².